The minimum absolute atomic E-state index is 0.0236. The number of non-ortho nitro benzene ring substituents is 1. The Labute approximate surface area is 187 Å². The van der Waals surface area contributed by atoms with Gasteiger partial charge in [0.1, 0.15) is 5.75 Å². The molecule has 0 heterocycles. The Bertz CT molecular complexity index is 897. The number of esters is 1. The van der Waals surface area contributed by atoms with Gasteiger partial charge >= 0.3 is 5.97 Å². The van der Waals surface area contributed by atoms with Crippen molar-refractivity contribution in [2.75, 3.05) is 19.0 Å². The van der Waals surface area contributed by atoms with E-state index in [1.807, 2.05) is 12.1 Å². The molecule has 2 aromatic carbocycles. The van der Waals surface area contributed by atoms with Crippen molar-refractivity contribution in [2.24, 2.45) is 0 Å². The third-order valence-corrected chi connectivity index (χ3v) is 4.58. The molecule has 172 valence electrons. The van der Waals surface area contributed by atoms with Crippen molar-refractivity contribution in [2.45, 2.75) is 45.3 Å². The quantitative estimate of drug-likeness (QED) is 0.220. The van der Waals surface area contributed by atoms with Crippen molar-refractivity contribution in [1.29, 1.82) is 0 Å². The van der Waals surface area contributed by atoms with Crippen molar-refractivity contribution < 1.29 is 24.0 Å². The number of carbonyl (C=O) groups excluding carboxylic acids is 2. The Kier molecular flexibility index (Phi) is 9.46. The minimum atomic E-state index is -0.512. The van der Waals surface area contributed by atoms with Crippen LogP contribution in [0.25, 0.3) is 0 Å². The predicted octanol–water partition coefficient (Wildman–Crippen LogP) is 3.99. The molecule has 0 saturated heterocycles. The number of anilines is 1. The second kappa shape index (κ2) is 12.3. The van der Waals surface area contributed by atoms with Crippen LogP contribution in [0.1, 0.15) is 44.7 Å². The van der Waals surface area contributed by atoms with Crippen molar-refractivity contribution in [3.8, 4) is 5.75 Å². The van der Waals surface area contributed by atoms with E-state index in [2.05, 4.69) is 10.6 Å². The number of nitro benzene ring substituents is 1. The third kappa shape index (κ3) is 8.25. The fourth-order valence-corrected chi connectivity index (χ4v) is 3.02. The van der Waals surface area contributed by atoms with E-state index in [4.69, 9.17) is 9.47 Å². The van der Waals surface area contributed by atoms with Gasteiger partial charge in [0.25, 0.3) is 5.69 Å². The SMILES string of the molecule is COc1ccc(C(CC(=O)OC(C)C)NC(=O)CCCNc2ccc([N+](=O)[O-])cc2)cc1. The monoisotopic (exact) mass is 443 g/mol. The molecule has 1 atom stereocenters. The summed E-state index contributed by atoms with van der Waals surface area (Å²) in [5, 5.41) is 16.7. The first-order valence-electron chi connectivity index (χ1n) is 10.4. The molecule has 1 unspecified atom stereocenters. The lowest BCUT2D eigenvalue weighted by atomic mass is 10.0. The van der Waals surface area contributed by atoms with Gasteiger partial charge in [0.2, 0.25) is 5.91 Å². The molecule has 0 bridgehead atoms. The lowest BCUT2D eigenvalue weighted by Crippen LogP contribution is -2.31. The highest BCUT2D eigenvalue weighted by molar-refractivity contribution is 5.78. The average Bonchev–Trinajstić information content (AvgIpc) is 2.76. The van der Waals surface area contributed by atoms with E-state index in [1.54, 1.807) is 45.2 Å². The molecule has 9 nitrogen and oxygen atoms in total. The topological polar surface area (TPSA) is 120 Å². The molecule has 2 aromatic rings. The van der Waals surface area contributed by atoms with Gasteiger partial charge in [-0.2, -0.15) is 0 Å². The first-order chi connectivity index (χ1) is 15.3. The number of ether oxygens (including phenoxy) is 2. The van der Waals surface area contributed by atoms with Crippen LogP contribution in [-0.2, 0) is 14.3 Å². The maximum absolute atomic E-state index is 12.5. The molecule has 0 saturated carbocycles. The standard InChI is InChI=1S/C23H29N3O6/c1-16(2)32-23(28)15-21(17-6-12-20(31-3)13-7-17)25-22(27)5-4-14-24-18-8-10-19(11-9-18)26(29)30/h6-13,16,21,24H,4-5,14-15H2,1-3H3,(H,25,27). The third-order valence-electron chi connectivity index (χ3n) is 4.58. The van der Waals surface area contributed by atoms with Crippen LogP contribution in [0.15, 0.2) is 48.5 Å². The van der Waals surface area contributed by atoms with E-state index in [1.165, 1.54) is 12.1 Å². The lowest BCUT2D eigenvalue weighted by Gasteiger charge is -2.20. The van der Waals surface area contributed by atoms with E-state index in [9.17, 15) is 19.7 Å². The molecule has 2 N–H and O–H groups in total. The second-order valence-electron chi connectivity index (χ2n) is 7.47. The Morgan fingerprint density at radius 2 is 1.72 bits per heavy atom. The lowest BCUT2D eigenvalue weighted by molar-refractivity contribution is -0.384. The Hall–Kier alpha value is -3.62. The molecule has 0 aliphatic rings. The van der Waals surface area contributed by atoms with Gasteiger partial charge in [-0.3, -0.25) is 19.7 Å². The number of carbonyl (C=O) groups is 2. The molecule has 0 spiro atoms. The van der Waals surface area contributed by atoms with Gasteiger partial charge < -0.3 is 20.1 Å². The van der Waals surface area contributed by atoms with Crippen LogP contribution in [0.4, 0.5) is 11.4 Å². The van der Waals surface area contributed by atoms with Crippen molar-refractivity contribution in [1.82, 2.24) is 5.32 Å². The molecule has 9 heteroatoms. The highest BCUT2D eigenvalue weighted by atomic mass is 16.6. The number of nitrogens with zero attached hydrogens (tertiary/aromatic N) is 1. The smallest absolute Gasteiger partial charge is 0.308 e. The van der Waals surface area contributed by atoms with Gasteiger partial charge in [-0.05, 0) is 50.1 Å². The van der Waals surface area contributed by atoms with E-state index in [0.29, 0.717) is 18.7 Å². The zero-order valence-corrected chi connectivity index (χ0v) is 18.5. The van der Waals surface area contributed by atoms with Gasteiger partial charge in [0.05, 0.1) is 30.6 Å². The summed E-state index contributed by atoms with van der Waals surface area (Å²) < 4.78 is 10.4. The Morgan fingerprint density at radius 1 is 1.06 bits per heavy atom. The molecule has 0 aromatic heterocycles. The first-order valence-corrected chi connectivity index (χ1v) is 10.4. The van der Waals surface area contributed by atoms with Crippen LogP contribution in [0, 0.1) is 10.1 Å². The van der Waals surface area contributed by atoms with E-state index in [-0.39, 0.29) is 36.5 Å². The molecule has 2 rings (SSSR count). The van der Waals surface area contributed by atoms with Gasteiger partial charge in [0, 0.05) is 30.8 Å². The van der Waals surface area contributed by atoms with Crippen LogP contribution in [0.3, 0.4) is 0 Å². The molecule has 1 amide bonds. The van der Waals surface area contributed by atoms with Crippen molar-refractivity contribution >= 4 is 23.3 Å². The van der Waals surface area contributed by atoms with E-state index in [0.717, 1.165) is 11.3 Å². The number of amides is 1. The average molecular weight is 444 g/mol. The second-order valence-corrected chi connectivity index (χ2v) is 7.47. The first kappa shape index (κ1) is 24.6. The van der Waals surface area contributed by atoms with E-state index < -0.39 is 11.0 Å². The Morgan fingerprint density at radius 3 is 2.28 bits per heavy atom. The zero-order valence-electron chi connectivity index (χ0n) is 18.5. The molecule has 0 aliphatic heterocycles. The zero-order chi connectivity index (χ0) is 23.5. The fourth-order valence-electron chi connectivity index (χ4n) is 3.02. The number of hydrogen-bond acceptors (Lipinski definition) is 7. The van der Waals surface area contributed by atoms with Crippen molar-refractivity contribution in [3.63, 3.8) is 0 Å². The van der Waals surface area contributed by atoms with Crippen LogP contribution in [0.5, 0.6) is 5.75 Å². The summed E-state index contributed by atoms with van der Waals surface area (Å²) in [4.78, 5) is 34.9. The number of hydrogen-bond donors (Lipinski definition) is 2. The number of methoxy groups -OCH3 is 1. The van der Waals surface area contributed by atoms with Gasteiger partial charge in [-0.1, -0.05) is 12.1 Å². The molecular weight excluding hydrogens is 414 g/mol. The fraction of sp³-hybridized carbons (Fsp3) is 0.391. The summed E-state index contributed by atoms with van der Waals surface area (Å²) in [6.45, 7) is 4.07. The summed E-state index contributed by atoms with van der Waals surface area (Å²) >= 11 is 0. The molecule has 32 heavy (non-hydrogen) atoms. The maximum Gasteiger partial charge on any atom is 0.308 e. The van der Waals surface area contributed by atoms with Crippen LogP contribution < -0.4 is 15.4 Å². The highest BCUT2D eigenvalue weighted by Crippen LogP contribution is 2.21. The summed E-state index contributed by atoms with van der Waals surface area (Å²) in [5.41, 5.74) is 1.54. The van der Waals surface area contributed by atoms with Crippen LogP contribution in [0.2, 0.25) is 0 Å². The molecule has 0 aliphatic carbocycles. The maximum atomic E-state index is 12.5. The number of nitro groups is 1. The van der Waals surface area contributed by atoms with Crippen LogP contribution in [-0.4, -0.2) is 36.6 Å². The minimum Gasteiger partial charge on any atom is -0.497 e. The van der Waals surface area contributed by atoms with Gasteiger partial charge in [-0.15, -0.1) is 0 Å². The normalized spacial score (nSPS) is 11.5. The van der Waals surface area contributed by atoms with Gasteiger partial charge in [0.15, 0.2) is 0 Å². The van der Waals surface area contributed by atoms with Crippen LogP contribution >= 0.6 is 0 Å². The summed E-state index contributed by atoms with van der Waals surface area (Å²) in [7, 11) is 1.57. The summed E-state index contributed by atoms with van der Waals surface area (Å²) in [6.07, 6.45) is 0.595. The molecule has 0 fully saturated rings. The number of rotatable bonds is 12. The number of benzene rings is 2. The number of nitrogens with one attached hydrogen (secondary N) is 2. The van der Waals surface area contributed by atoms with E-state index >= 15 is 0 Å². The molecule has 0 radical (unpaired) electrons. The van der Waals surface area contributed by atoms with Gasteiger partial charge in [-0.25, -0.2) is 0 Å². The summed E-state index contributed by atoms with van der Waals surface area (Å²) in [6, 6.07) is 12.7. The Balaban J connectivity index is 1.88. The molecular formula is C23H29N3O6. The van der Waals surface area contributed by atoms with Crippen molar-refractivity contribution in [3.05, 3.63) is 64.2 Å². The summed E-state index contributed by atoms with van der Waals surface area (Å²) in [5.74, 6) is 0.107. The highest BCUT2D eigenvalue weighted by Gasteiger charge is 2.20. The predicted molar refractivity (Wildman–Crippen MR) is 121 cm³/mol. The largest absolute Gasteiger partial charge is 0.497 e.